The lowest BCUT2D eigenvalue weighted by molar-refractivity contribution is -0.133. The van der Waals surface area contributed by atoms with Gasteiger partial charge in [-0.25, -0.2) is 4.39 Å². The summed E-state index contributed by atoms with van der Waals surface area (Å²) < 4.78 is 16.4. The lowest BCUT2D eigenvalue weighted by Crippen LogP contribution is -2.56. The summed E-state index contributed by atoms with van der Waals surface area (Å²) >= 11 is 12.8. The molecular formula is C31H31Cl2FN4O2. The number of anilines is 3. The third-order valence-electron chi connectivity index (χ3n) is 9.82. The molecule has 3 N–H and O–H groups in total. The van der Waals surface area contributed by atoms with E-state index in [9.17, 15) is 9.59 Å². The molecule has 0 bridgehead atoms. The highest BCUT2D eigenvalue weighted by Crippen LogP contribution is 2.66. The number of nitrogens with one attached hydrogen (secondary N) is 1. The normalized spacial score (nSPS) is 33.5. The first-order valence-electron chi connectivity index (χ1n) is 13.9. The average Bonchev–Trinajstić information content (AvgIpc) is 3.64. The number of amides is 2. The van der Waals surface area contributed by atoms with Gasteiger partial charge in [0.15, 0.2) is 0 Å². The molecule has 5 aliphatic rings. The van der Waals surface area contributed by atoms with Crippen LogP contribution in [0.2, 0.25) is 5.02 Å². The Labute approximate surface area is 243 Å². The summed E-state index contributed by atoms with van der Waals surface area (Å²) in [6.45, 7) is 3.00. The molecule has 3 fully saturated rings. The lowest BCUT2D eigenvalue weighted by Gasteiger charge is -2.47. The van der Waals surface area contributed by atoms with Gasteiger partial charge in [0.25, 0.3) is 0 Å². The molecule has 208 valence electrons. The van der Waals surface area contributed by atoms with Crippen LogP contribution < -0.4 is 16.0 Å². The van der Waals surface area contributed by atoms with Crippen LogP contribution in [-0.4, -0.2) is 35.8 Å². The van der Waals surface area contributed by atoms with E-state index in [-0.39, 0.29) is 22.9 Å². The van der Waals surface area contributed by atoms with Crippen LogP contribution in [0.25, 0.3) is 0 Å². The van der Waals surface area contributed by atoms with Crippen LogP contribution >= 0.6 is 23.2 Å². The molecule has 2 amide bonds. The van der Waals surface area contributed by atoms with Crippen LogP contribution in [0.4, 0.5) is 21.5 Å². The van der Waals surface area contributed by atoms with Crippen molar-refractivity contribution in [2.24, 2.45) is 23.2 Å². The van der Waals surface area contributed by atoms with Crippen molar-refractivity contribution in [2.75, 3.05) is 29.0 Å². The Morgan fingerprint density at radius 3 is 2.58 bits per heavy atom. The molecule has 2 saturated heterocycles. The predicted molar refractivity (Wildman–Crippen MR) is 156 cm³/mol. The maximum Gasteiger partial charge on any atom is 0.249 e. The fourth-order valence-electron chi connectivity index (χ4n) is 7.93. The van der Waals surface area contributed by atoms with Gasteiger partial charge in [-0.2, -0.15) is 0 Å². The number of nitrogens with two attached hydrogens (primary N) is 1. The summed E-state index contributed by atoms with van der Waals surface area (Å²) in [5.41, 5.74) is 6.23. The number of carbonyl (C=O) groups excluding carboxylic acids is 2. The van der Waals surface area contributed by atoms with Crippen molar-refractivity contribution < 1.29 is 14.0 Å². The first kappa shape index (κ1) is 26.1. The summed E-state index contributed by atoms with van der Waals surface area (Å²) in [6, 6.07) is 12.4. The molecule has 7 rings (SSSR count). The van der Waals surface area contributed by atoms with Crippen molar-refractivity contribution in [1.29, 1.82) is 0 Å². The summed E-state index contributed by atoms with van der Waals surface area (Å²) in [5, 5.41) is 3.61. The molecule has 3 aliphatic heterocycles. The molecule has 0 radical (unpaired) electrons. The number of halogens is 3. The van der Waals surface area contributed by atoms with Gasteiger partial charge in [0, 0.05) is 58.1 Å². The molecule has 1 spiro atoms. The molecule has 2 aromatic rings. The van der Waals surface area contributed by atoms with Crippen molar-refractivity contribution in [3.05, 3.63) is 76.1 Å². The van der Waals surface area contributed by atoms with E-state index in [1.165, 1.54) is 0 Å². The van der Waals surface area contributed by atoms with Crippen LogP contribution in [-0.2, 0) is 15.1 Å². The van der Waals surface area contributed by atoms with Gasteiger partial charge >= 0.3 is 0 Å². The zero-order chi connectivity index (χ0) is 28.0. The minimum absolute atomic E-state index is 0.0227. The van der Waals surface area contributed by atoms with Gasteiger partial charge < -0.3 is 16.0 Å². The first-order chi connectivity index (χ1) is 19.2. The number of carbonyl (C=O) groups is 2. The second kappa shape index (κ2) is 9.07. The number of hydrogen-bond donors (Lipinski definition) is 2. The quantitative estimate of drug-likeness (QED) is 0.421. The van der Waals surface area contributed by atoms with Crippen LogP contribution in [0.5, 0.6) is 0 Å². The topological polar surface area (TPSA) is 78.7 Å². The Kier molecular flexibility index (Phi) is 5.91. The van der Waals surface area contributed by atoms with Gasteiger partial charge in [0.05, 0.1) is 11.0 Å². The van der Waals surface area contributed by atoms with Crippen molar-refractivity contribution in [2.45, 2.75) is 44.2 Å². The van der Waals surface area contributed by atoms with E-state index in [0.29, 0.717) is 48.2 Å². The zero-order valence-electron chi connectivity index (χ0n) is 22.2. The lowest BCUT2D eigenvalue weighted by atomic mass is 9.58. The molecule has 2 aromatic carbocycles. The monoisotopic (exact) mass is 580 g/mol. The van der Waals surface area contributed by atoms with Gasteiger partial charge in [-0.3, -0.25) is 14.5 Å². The van der Waals surface area contributed by atoms with E-state index in [1.54, 1.807) is 35.2 Å². The molecule has 6 nitrogen and oxygen atoms in total. The molecule has 9 heteroatoms. The number of likely N-dealkylation sites (tertiary alicyclic amines) is 1. The zero-order valence-corrected chi connectivity index (χ0v) is 23.7. The first-order valence-corrected chi connectivity index (χ1v) is 14.7. The van der Waals surface area contributed by atoms with Gasteiger partial charge in [-0.1, -0.05) is 42.3 Å². The maximum absolute atomic E-state index is 16.4. The molecule has 5 atom stereocenters. The van der Waals surface area contributed by atoms with Gasteiger partial charge in [0.2, 0.25) is 11.8 Å². The molecule has 1 saturated carbocycles. The fraction of sp³-hybridized carbons (Fsp3) is 0.419. The molecule has 0 aromatic heterocycles. The number of fused-ring (bicyclic) bond motifs is 3. The van der Waals surface area contributed by atoms with Crippen molar-refractivity contribution in [3.63, 3.8) is 0 Å². The van der Waals surface area contributed by atoms with E-state index in [1.807, 2.05) is 31.2 Å². The van der Waals surface area contributed by atoms with Gasteiger partial charge in [-0.05, 0) is 74.1 Å². The molecule has 1 unspecified atom stereocenters. The second-order valence-electron chi connectivity index (χ2n) is 12.1. The van der Waals surface area contributed by atoms with Crippen LogP contribution in [0.3, 0.4) is 0 Å². The Morgan fingerprint density at radius 1 is 1.10 bits per heavy atom. The maximum atomic E-state index is 16.4. The molecule has 40 heavy (non-hydrogen) atoms. The van der Waals surface area contributed by atoms with E-state index >= 15 is 4.39 Å². The third kappa shape index (κ3) is 3.57. The minimum Gasteiger partial charge on any atom is -0.399 e. The van der Waals surface area contributed by atoms with Crippen LogP contribution in [0.1, 0.15) is 38.2 Å². The smallest absolute Gasteiger partial charge is 0.249 e. The Bertz CT molecular complexity index is 1490. The number of rotatable bonds is 4. The van der Waals surface area contributed by atoms with E-state index in [2.05, 4.69) is 10.2 Å². The van der Waals surface area contributed by atoms with E-state index in [0.717, 1.165) is 24.1 Å². The number of piperidine rings is 1. The Morgan fingerprint density at radius 2 is 1.85 bits per heavy atom. The number of benzene rings is 2. The van der Waals surface area contributed by atoms with E-state index in [4.69, 9.17) is 28.9 Å². The largest absolute Gasteiger partial charge is 0.399 e. The SMILES string of the molecule is CC1([C@H]2[C@@H]3C(=O)N(c4ccc(N)cc4)CC[C@@H]3N(CC3CC3)[C@@]23C(=O)Nc2cc(Cl)ccc23)CC=CC(Cl)=C1F. The number of nitrogens with zero attached hydrogens (tertiary/aromatic N) is 2. The van der Waals surface area contributed by atoms with Crippen molar-refractivity contribution in [3.8, 4) is 0 Å². The molecular weight excluding hydrogens is 550 g/mol. The highest BCUT2D eigenvalue weighted by Gasteiger charge is 2.73. The summed E-state index contributed by atoms with van der Waals surface area (Å²) in [6.07, 6.45) is 6.58. The van der Waals surface area contributed by atoms with Crippen molar-refractivity contribution >= 4 is 52.1 Å². The average molecular weight is 582 g/mol. The van der Waals surface area contributed by atoms with Gasteiger partial charge in [-0.15, -0.1) is 0 Å². The second-order valence-corrected chi connectivity index (χ2v) is 13.0. The highest BCUT2D eigenvalue weighted by atomic mass is 35.5. The Hall–Kier alpha value is -2.87. The van der Waals surface area contributed by atoms with Crippen LogP contribution in [0.15, 0.2) is 65.5 Å². The number of allylic oxidation sites excluding steroid dienone is 4. The van der Waals surface area contributed by atoms with Crippen LogP contribution in [0, 0.1) is 23.2 Å². The van der Waals surface area contributed by atoms with E-state index < -0.39 is 28.6 Å². The van der Waals surface area contributed by atoms with Crippen molar-refractivity contribution in [1.82, 2.24) is 4.90 Å². The number of hydrogen-bond acceptors (Lipinski definition) is 4. The Balaban J connectivity index is 1.46. The molecule has 2 aliphatic carbocycles. The third-order valence-corrected chi connectivity index (χ3v) is 10.4. The minimum atomic E-state index is -1.25. The van der Waals surface area contributed by atoms with Gasteiger partial charge in [0.1, 0.15) is 11.4 Å². The summed E-state index contributed by atoms with van der Waals surface area (Å²) in [5.74, 6) is -1.71. The number of nitrogen functional groups attached to an aromatic ring is 1. The fourth-order valence-corrected chi connectivity index (χ4v) is 8.41. The highest BCUT2D eigenvalue weighted by molar-refractivity contribution is 6.31. The standard InChI is InChI=1S/C31H31Cl2FN4O2/c1-30(13-2-3-22(33)27(30)34)26-25-24(12-14-37(28(25)39)20-9-7-19(35)8-10-20)38(16-17-4-5-17)31(26)21-11-6-18(32)15-23(21)36-29(31)40/h2-3,6-11,15,17,24-26H,4-5,12-14,16,35H2,1H3,(H,36,40)/t24-,25+,26+,30?,31+/m0/s1. The predicted octanol–water partition coefficient (Wildman–Crippen LogP) is 6.22. The summed E-state index contributed by atoms with van der Waals surface area (Å²) in [7, 11) is 0. The summed E-state index contributed by atoms with van der Waals surface area (Å²) in [4.78, 5) is 33.2. The molecule has 3 heterocycles.